The molecule has 0 aromatic rings. The molecule has 1 heteroatoms. The molecule has 0 nitrogen and oxygen atoms in total. The number of rotatable bonds is 1. The van der Waals surface area contributed by atoms with Crippen molar-refractivity contribution in [2.75, 3.05) is 0 Å². The van der Waals surface area contributed by atoms with E-state index in [1.54, 1.807) is 5.20 Å². The van der Waals surface area contributed by atoms with Gasteiger partial charge in [0.05, 0.1) is 9.52 Å². The summed E-state index contributed by atoms with van der Waals surface area (Å²) in [7, 11) is 1.05. The van der Waals surface area contributed by atoms with E-state index in [0.717, 1.165) is 9.52 Å². The summed E-state index contributed by atoms with van der Waals surface area (Å²) in [6, 6.07) is 0. The van der Waals surface area contributed by atoms with Crippen LogP contribution in [0.2, 0.25) is 6.55 Å². The smallest absolute Gasteiger partial charge is 0.0711 e. The second-order valence-electron chi connectivity index (χ2n) is 4.35. The molecule has 0 spiro atoms. The van der Waals surface area contributed by atoms with E-state index in [2.05, 4.69) is 12.6 Å². The van der Waals surface area contributed by atoms with Gasteiger partial charge < -0.3 is 0 Å². The maximum absolute atomic E-state index is 2.53. The van der Waals surface area contributed by atoms with Crippen molar-refractivity contribution in [1.82, 2.24) is 0 Å². The third-order valence-corrected chi connectivity index (χ3v) is 4.21. The zero-order valence-corrected chi connectivity index (χ0v) is 10.6. The van der Waals surface area contributed by atoms with Gasteiger partial charge in [-0.05, 0) is 25.7 Å². The summed E-state index contributed by atoms with van der Waals surface area (Å²) < 4.78 is 0. The van der Waals surface area contributed by atoms with Gasteiger partial charge in [-0.1, -0.05) is 56.3 Å². The monoisotopic (exact) mass is 208 g/mol. The van der Waals surface area contributed by atoms with Crippen LogP contribution in [-0.4, -0.2) is 9.52 Å². The van der Waals surface area contributed by atoms with Crippen molar-refractivity contribution in [3.05, 3.63) is 11.3 Å². The van der Waals surface area contributed by atoms with E-state index in [1.165, 1.54) is 64.2 Å². The lowest BCUT2D eigenvalue weighted by atomic mass is 10.0. The largest absolute Gasteiger partial charge is 0.0897 e. The molecule has 0 unspecified atom stereocenters. The Bertz CT molecular complexity index is 161. The first-order valence-corrected chi connectivity index (χ1v) is 7.80. The van der Waals surface area contributed by atoms with Crippen molar-refractivity contribution < 1.29 is 0 Å². The summed E-state index contributed by atoms with van der Waals surface area (Å²) in [5.41, 5.74) is 0. The fourth-order valence-corrected chi connectivity index (χ4v) is 2.90. The fourth-order valence-electron chi connectivity index (χ4n) is 2.13. The summed E-state index contributed by atoms with van der Waals surface area (Å²) in [5.74, 6) is 0. The Morgan fingerprint density at radius 3 is 2.07 bits per heavy atom. The van der Waals surface area contributed by atoms with Crippen LogP contribution >= 0.6 is 0 Å². The van der Waals surface area contributed by atoms with Crippen molar-refractivity contribution in [3.63, 3.8) is 0 Å². The third kappa shape index (κ3) is 5.64. The molecular weight excluding hydrogens is 184 g/mol. The molecule has 0 saturated carbocycles. The Hall–Kier alpha value is -0.0431. The second kappa shape index (κ2) is 8.28. The van der Waals surface area contributed by atoms with Crippen molar-refractivity contribution in [2.45, 2.75) is 70.8 Å². The summed E-state index contributed by atoms with van der Waals surface area (Å²) in [6.07, 6.45) is 16.9. The molecule has 0 heterocycles. The van der Waals surface area contributed by atoms with Gasteiger partial charge in [0.25, 0.3) is 0 Å². The molecule has 2 radical (unpaired) electrons. The highest BCUT2D eigenvalue weighted by Gasteiger charge is 1.98. The molecule has 0 bridgehead atoms. The summed E-state index contributed by atoms with van der Waals surface area (Å²) >= 11 is 0. The molecule has 0 N–H and O–H groups in total. The first-order chi connectivity index (χ1) is 6.93. The van der Waals surface area contributed by atoms with Crippen LogP contribution in [0, 0.1) is 0 Å². The zero-order valence-electron chi connectivity index (χ0n) is 9.65. The number of allylic oxidation sites excluding steroid dienone is 2. The Labute approximate surface area is 92.0 Å². The summed E-state index contributed by atoms with van der Waals surface area (Å²) in [6.45, 7) is 2.33. The molecule has 0 aromatic carbocycles. The highest BCUT2D eigenvalue weighted by molar-refractivity contribution is 6.43. The second-order valence-corrected chi connectivity index (χ2v) is 5.49. The van der Waals surface area contributed by atoms with Gasteiger partial charge in [0.15, 0.2) is 0 Å². The molecule has 0 fully saturated rings. The van der Waals surface area contributed by atoms with Crippen LogP contribution in [0.4, 0.5) is 0 Å². The number of hydrogen-bond donors (Lipinski definition) is 0. The van der Waals surface area contributed by atoms with Gasteiger partial charge in [0, 0.05) is 0 Å². The van der Waals surface area contributed by atoms with E-state index in [-0.39, 0.29) is 0 Å². The molecule has 0 aliphatic heterocycles. The Kier molecular flexibility index (Phi) is 7.11. The number of hydrogen-bond acceptors (Lipinski definition) is 0. The van der Waals surface area contributed by atoms with Crippen LogP contribution in [0.1, 0.15) is 64.2 Å². The average Bonchev–Trinajstić information content (AvgIpc) is 2.19. The molecule has 0 aromatic heterocycles. The Balaban J connectivity index is 2.29. The zero-order chi connectivity index (χ0) is 10.1. The fraction of sp³-hybridized carbons (Fsp3) is 0.846. The van der Waals surface area contributed by atoms with Gasteiger partial charge in [0.2, 0.25) is 0 Å². The molecule has 1 rings (SSSR count). The van der Waals surface area contributed by atoms with Gasteiger partial charge in [-0.2, -0.15) is 0 Å². The van der Waals surface area contributed by atoms with Crippen molar-refractivity contribution in [1.29, 1.82) is 0 Å². The maximum atomic E-state index is 2.53. The normalized spacial score (nSPS) is 25.6. The van der Waals surface area contributed by atoms with E-state index in [0.29, 0.717) is 0 Å². The Morgan fingerprint density at radius 1 is 0.857 bits per heavy atom. The lowest BCUT2D eigenvalue weighted by molar-refractivity contribution is 0.565. The first kappa shape index (κ1) is 12.0. The van der Waals surface area contributed by atoms with Crippen LogP contribution < -0.4 is 0 Å². The lowest BCUT2D eigenvalue weighted by Crippen LogP contribution is -1.93. The van der Waals surface area contributed by atoms with Gasteiger partial charge in [0.1, 0.15) is 0 Å². The molecule has 0 saturated heterocycles. The first-order valence-electron chi connectivity index (χ1n) is 6.30. The van der Waals surface area contributed by atoms with Crippen LogP contribution in [-0.2, 0) is 0 Å². The van der Waals surface area contributed by atoms with E-state index in [9.17, 15) is 0 Å². The van der Waals surface area contributed by atoms with E-state index in [1.807, 2.05) is 0 Å². The molecule has 1 aliphatic rings. The van der Waals surface area contributed by atoms with E-state index < -0.39 is 0 Å². The van der Waals surface area contributed by atoms with Crippen molar-refractivity contribution in [2.24, 2.45) is 0 Å². The van der Waals surface area contributed by atoms with E-state index >= 15 is 0 Å². The van der Waals surface area contributed by atoms with Crippen LogP contribution in [0.3, 0.4) is 0 Å². The molecule has 1 aliphatic carbocycles. The minimum Gasteiger partial charge on any atom is -0.0897 e. The minimum absolute atomic E-state index is 1.05. The topological polar surface area (TPSA) is 0 Å². The minimum atomic E-state index is 1.05. The van der Waals surface area contributed by atoms with Crippen LogP contribution in [0.25, 0.3) is 0 Å². The van der Waals surface area contributed by atoms with Gasteiger partial charge in [-0.15, -0.1) is 0 Å². The predicted molar refractivity (Wildman–Crippen MR) is 65.9 cm³/mol. The lowest BCUT2D eigenvalue weighted by Gasteiger charge is -2.07. The molecule has 0 atom stereocenters. The quantitative estimate of drug-likeness (QED) is 0.555. The third-order valence-electron chi connectivity index (χ3n) is 3.11. The maximum Gasteiger partial charge on any atom is 0.0711 e. The SMILES string of the molecule is C[Si]/C1=C/CCCCCCCCCC1. The van der Waals surface area contributed by atoms with Crippen molar-refractivity contribution >= 4 is 9.52 Å². The van der Waals surface area contributed by atoms with Crippen LogP contribution in [0.5, 0.6) is 0 Å². The van der Waals surface area contributed by atoms with Crippen LogP contribution in [0.15, 0.2) is 11.3 Å². The highest BCUT2D eigenvalue weighted by atomic mass is 28.2. The van der Waals surface area contributed by atoms with E-state index in [4.69, 9.17) is 0 Å². The molecule has 14 heavy (non-hydrogen) atoms. The average molecular weight is 208 g/mol. The standard InChI is InChI=1S/C13H24Si/c1-14-13-11-9-7-5-3-2-4-6-8-10-12-13/h11H,2-10,12H2,1H3/b13-11+. The molecule has 0 amide bonds. The Morgan fingerprint density at radius 2 is 1.43 bits per heavy atom. The van der Waals surface area contributed by atoms with Gasteiger partial charge >= 0.3 is 0 Å². The highest BCUT2D eigenvalue weighted by Crippen LogP contribution is 2.16. The summed E-state index contributed by atoms with van der Waals surface area (Å²) in [4.78, 5) is 0. The van der Waals surface area contributed by atoms with Gasteiger partial charge in [-0.25, -0.2) is 0 Å². The van der Waals surface area contributed by atoms with Gasteiger partial charge in [-0.3, -0.25) is 0 Å². The molecular formula is C13H24Si. The van der Waals surface area contributed by atoms with Crippen molar-refractivity contribution in [3.8, 4) is 0 Å². The summed E-state index contributed by atoms with van der Waals surface area (Å²) in [5, 5.41) is 1.74. The molecule has 80 valence electrons. The predicted octanol–water partition coefficient (Wildman–Crippen LogP) is 4.54.